The Kier molecular flexibility index (Phi) is 9.25. The summed E-state index contributed by atoms with van der Waals surface area (Å²) in [5.74, 6) is -0.215. The van der Waals surface area contributed by atoms with Crippen molar-refractivity contribution in [3.63, 3.8) is 0 Å². The maximum absolute atomic E-state index is 10.8. The van der Waals surface area contributed by atoms with Crippen LogP contribution in [0.2, 0.25) is 0 Å². The first-order valence-corrected chi connectivity index (χ1v) is 4.79. The van der Waals surface area contributed by atoms with Crippen LogP contribution < -0.4 is 35.3 Å². The molecule has 0 saturated carbocycles. The maximum atomic E-state index is 10.8. The Labute approximate surface area is 96.2 Å². The SMILES string of the molecule is CC(N)CS(=O)(=O)OCCO.[H-].[Na+]. The van der Waals surface area contributed by atoms with E-state index in [0.29, 0.717) is 0 Å². The molecule has 0 fully saturated rings. The molecule has 0 aliphatic rings. The Morgan fingerprint density at radius 3 is 2.50 bits per heavy atom. The van der Waals surface area contributed by atoms with E-state index in [9.17, 15) is 8.42 Å². The first kappa shape index (κ1) is 15.3. The number of rotatable bonds is 5. The van der Waals surface area contributed by atoms with E-state index in [1.165, 1.54) is 0 Å². The van der Waals surface area contributed by atoms with Crippen molar-refractivity contribution in [3.05, 3.63) is 0 Å². The number of nitrogens with two attached hydrogens (primary N) is 1. The Morgan fingerprint density at radius 1 is 1.67 bits per heavy atom. The van der Waals surface area contributed by atoms with Crippen LogP contribution >= 0.6 is 0 Å². The van der Waals surface area contributed by atoms with Crippen LogP contribution in [0.5, 0.6) is 0 Å². The van der Waals surface area contributed by atoms with E-state index in [2.05, 4.69) is 4.18 Å². The normalized spacial score (nSPS) is 13.6. The Balaban J connectivity index is -0.000000500. The summed E-state index contributed by atoms with van der Waals surface area (Å²) in [6.45, 7) is 1.06. The quantitative estimate of drug-likeness (QED) is 0.352. The van der Waals surface area contributed by atoms with Crippen molar-refractivity contribution in [2.45, 2.75) is 13.0 Å². The molecule has 0 saturated heterocycles. The van der Waals surface area contributed by atoms with Gasteiger partial charge in [-0.05, 0) is 6.92 Å². The third-order valence-electron chi connectivity index (χ3n) is 0.821. The van der Waals surface area contributed by atoms with Crippen LogP contribution in [0.1, 0.15) is 8.35 Å². The van der Waals surface area contributed by atoms with Crippen molar-refractivity contribution >= 4 is 10.1 Å². The van der Waals surface area contributed by atoms with Gasteiger partial charge in [0.1, 0.15) is 0 Å². The average Bonchev–Trinajstić information content (AvgIpc) is 1.81. The second kappa shape index (κ2) is 7.25. The Hall–Kier alpha value is 0.830. The smallest absolute Gasteiger partial charge is 1.00 e. The molecule has 0 aliphatic heterocycles. The molecule has 0 amide bonds. The van der Waals surface area contributed by atoms with Gasteiger partial charge in [-0.25, -0.2) is 0 Å². The van der Waals surface area contributed by atoms with Crippen LogP contribution in [-0.2, 0) is 14.3 Å². The van der Waals surface area contributed by atoms with Gasteiger partial charge >= 0.3 is 29.6 Å². The van der Waals surface area contributed by atoms with Crippen LogP contribution in [0.3, 0.4) is 0 Å². The van der Waals surface area contributed by atoms with Gasteiger partial charge in [0.15, 0.2) is 0 Å². The van der Waals surface area contributed by atoms with Crippen LogP contribution in [0.25, 0.3) is 0 Å². The molecule has 5 nitrogen and oxygen atoms in total. The Bertz CT molecular complexity index is 197. The van der Waals surface area contributed by atoms with Crippen molar-refractivity contribution in [1.29, 1.82) is 0 Å². The van der Waals surface area contributed by atoms with Gasteiger partial charge in [-0.15, -0.1) is 0 Å². The van der Waals surface area contributed by atoms with E-state index in [4.69, 9.17) is 10.8 Å². The van der Waals surface area contributed by atoms with Gasteiger partial charge in [0.25, 0.3) is 10.1 Å². The van der Waals surface area contributed by atoms with Gasteiger partial charge in [-0.1, -0.05) is 0 Å². The van der Waals surface area contributed by atoms with Crippen LogP contribution in [0.15, 0.2) is 0 Å². The molecule has 1 atom stereocenters. The summed E-state index contributed by atoms with van der Waals surface area (Å²) in [6, 6.07) is -0.446. The predicted octanol–water partition coefficient (Wildman–Crippen LogP) is -4.21. The Morgan fingerprint density at radius 2 is 2.17 bits per heavy atom. The average molecular weight is 207 g/mol. The molecule has 0 radical (unpaired) electrons. The number of hydrogen-bond acceptors (Lipinski definition) is 5. The molecule has 0 heterocycles. The number of hydrogen-bond donors (Lipinski definition) is 2. The minimum absolute atomic E-state index is 0. The summed E-state index contributed by atoms with van der Waals surface area (Å²) >= 11 is 0. The van der Waals surface area contributed by atoms with E-state index in [1.807, 2.05) is 0 Å². The first-order chi connectivity index (χ1) is 4.98. The topological polar surface area (TPSA) is 89.6 Å². The summed E-state index contributed by atoms with van der Waals surface area (Å²) < 4.78 is 25.9. The number of aliphatic hydroxyl groups is 1. The van der Waals surface area contributed by atoms with Gasteiger partial charge in [0.2, 0.25) is 0 Å². The van der Waals surface area contributed by atoms with Gasteiger partial charge in [-0.3, -0.25) is 4.18 Å². The van der Waals surface area contributed by atoms with E-state index < -0.39 is 16.2 Å². The molecule has 0 aromatic rings. The van der Waals surface area contributed by atoms with E-state index >= 15 is 0 Å². The molecule has 0 spiro atoms. The van der Waals surface area contributed by atoms with Crippen LogP contribution in [0.4, 0.5) is 0 Å². The van der Waals surface area contributed by atoms with Gasteiger partial charge in [0.05, 0.1) is 19.0 Å². The van der Waals surface area contributed by atoms with Gasteiger partial charge in [0, 0.05) is 6.04 Å². The molecule has 7 heteroatoms. The van der Waals surface area contributed by atoms with Crippen molar-refractivity contribution in [3.8, 4) is 0 Å². The molecule has 1 unspecified atom stereocenters. The van der Waals surface area contributed by atoms with E-state index in [1.54, 1.807) is 6.92 Å². The zero-order valence-corrected chi connectivity index (χ0v) is 10.2. The van der Waals surface area contributed by atoms with E-state index in [-0.39, 0.29) is 50.0 Å². The third kappa shape index (κ3) is 8.92. The molecule has 12 heavy (non-hydrogen) atoms. The molecular weight excluding hydrogens is 193 g/mol. The van der Waals surface area contributed by atoms with Crippen molar-refractivity contribution in [1.82, 2.24) is 0 Å². The second-order valence-corrected chi connectivity index (χ2v) is 3.93. The molecule has 0 aromatic carbocycles. The fourth-order valence-electron chi connectivity index (χ4n) is 0.534. The standard InChI is InChI=1S/C5H13NO4S.Na.H/c1-5(6)4-11(8,9)10-3-2-7;;/h5,7H,2-4,6H2,1H3;;/q;+1;-1. The van der Waals surface area contributed by atoms with Crippen molar-refractivity contribution < 1.29 is 48.7 Å². The fraction of sp³-hybridized carbons (Fsp3) is 1.00. The molecular formula is C5H14NNaO4S. The molecule has 0 bridgehead atoms. The van der Waals surface area contributed by atoms with Crippen molar-refractivity contribution in [2.24, 2.45) is 5.73 Å². The molecule has 0 rings (SSSR count). The van der Waals surface area contributed by atoms with Gasteiger partial charge in [-0.2, -0.15) is 8.42 Å². The molecule has 0 aromatic heterocycles. The molecule has 0 aliphatic carbocycles. The first-order valence-electron chi connectivity index (χ1n) is 3.21. The minimum atomic E-state index is -3.53. The van der Waals surface area contributed by atoms with Gasteiger partial charge < -0.3 is 12.3 Å². The largest absolute Gasteiger partial charge is 1.00 e. The molecule has 70 valence electrons. The van der Waals surface area contributed by atoms with Crippen LogP contribution in [-0.4, -0.2) is 38.5 Å². The van der Waals surface area contributed by atoms with Crippen LogP contribution in [0, 0.1) is 0 Å². The zero-order chi connectivity index (χ0) is 8.91. The van der Waals surface area contributed by atoms with Crippen molar-refractivity contribution in [2.75, 3.05) is 19.0 Å². The summed E-state index contributed by atoms with van der Waals surface area (Å²) in [5, 5.41) is 8.24. The second-order valence-electron chi connectivity index (χ2n) is 2.25. The van der Waals surface area contributed by atoms with E-state index in [0.717, 1.165) is 0 Å². The minimum Gasteiger partial charge on any atom is -1.00 e. The summed E-state index contributed by atoms with van der Waals surface area (Å²) in [6.07, 6.45) is 0. The number of aliphatic hydroxyl groups excluding tert-OH is 1. The summed E-state index contributed by atoms with van der Waals surface area (Å²) in [4.78, 5) is 0. The monoisotopic (exact) mass is 207 g/mol. The fourth-order valence-corrected chi connectivity index (χ4v) is 1.60. The third-order valence-corrected chi connectivity index (χ3v) is 2.28. The zero-order valence-electron chi connectivity index (χ0n) is 8.36. The summed E-state index contributed by atoms with van der Waals surface area (Å²) in [5.41, 5.74) is 5.23. The molecule has 3 N–H and O–H groups in total. The summed E-state index contributed by atoms with van der Waals surface area (Å²) in [7, 11) is -3.53. The predicted molar refractivity (Wildman–Crippen MR) is 41.6 cm³/mol. The maximum Gasteiger partial charge on any atom is 1.00 e.